The van der Waals surface area contributed by atoms with Crippen LogP contribution in [-0.2, 0) is 4.79 Å². The maximum atomic E-state index is 10.5. The van der Waals surface area contributed by atoms with Gasteiger partial charge in [0.15, 0.2) is 5.82 Å². The minimum atomic E-state index is -0.308. The minimum Gasteiger partial charge on any atom is -0.302 e. The van der Waals surface area contributed by atoms with Crippen LogP contribution < -0.4 is 0 Å². The van der Waals surface area contributed by atoms with Gasteiger partial charge in [0.25, 0.3) is 0 Å². The van der Waals surface area contributed by atoms with Crippen LogP contribution in [0.25, 0.3) is 0 Å². The fourth-order valence-corrected chi connectivity index (χ4v) is 1.17. The van der Waals surface area contributed by atoms with Crippen molar-refractivity contribution in [3.63, 3.8) is 0 Å². The molecular formula is C7H4ClN3O. The predicted molar refractivity (Wildman–Crippen MR) is 44.0 cm³/mol. The number of carbonyl (C=O) groups excluding carboxylic acids is 1. The maximum absolute atomic E-state index is 10.5. The standard InChI is InChI=1S/C7H4ClN3O/c8-7-10-2-5-4(3-12)1-9-6(5)11-7/h1-4H. The summed E-state index contributed by atoms with van der Waals surface area (Å²) in [6.07, 6.45) is 3.85. The van der Waals surface area contributed by atoms with E-state index in [9.17, 15) is 4.79 Å². The third-order valence-electron chi connectivity index (χ3n) is 1.63. The van der Waals surface area contributed by atoms with Crippen LogP contribution in [0, 0.1) is 0 Å². The average molecular weight is 182 g/mol. The van der Waals surface area contributed by atoms with Crippen molar-refractivity contribution in [3.05, 3.63) is 17.0 Å². The second-order valence-electron chi connectivity index (χ2n) is 2.36. The fraction of sp³-hybridized carbons (Fsp3) is 0.143. The molecule has 2 heterocycles. The molecule has 1 atom stereocenters. The van der Waals surface area contributed by atoms with Crippen molar-refractivity contribution in [2.75, 3.05) is 0 Å². The first-order chi connectivity index (χ1) is 5.81. The zero-order chi connectivity index (χ0) is 8.55. The minimum absolute atomic E-state index is 0.150. The van der Waals surface area contributed by atoms with Crippen molar-refractivity contribution < 1.29 is 4.79 Å². The van der Waals surface area contributed by atoms with Crippen LogP contribution >= 0.6 is 11.6 Å². The fourth-order valence-electron chi connectivity index (χ4n) is 1.04. The second-order valence-corrected chi connectivity index (χ2v) is 2.70. The summed E-state index contributed by atoms with van der Waals surface area (Å²) in [5.41, 5.74) is 0.717. The molecule has 5 heteroatoms. The van der Waals surface area contributed by atoms with E-state index in [1.54, 1.807) is 0 Å². The highest BCUT2D eigenvalue weighted by Gasteiger charge is 2.19. The van der Waals surface area contributed by atoms with E-state index in [-0.39, 0.29) is 11.2 Å². The van der Waals surface area contributed by atoms with Crippen molar-refractivity contribution in [2.45, 2.75) is 5.92 Å². The first-order valence-electron chi connectivity index (χ1n) is 3.33. The Labute approximate surface area is 73.3 Å². The van der Waals surface area contributed by atoms with Gasteiger partial charge in [-0.3, -0.25) is 0 Å². The molecule has 1 aliphatic rings. The molecule has 0 saturated carbocycles. The summed E-state index contributed by atoms with van der Waals surface area (Å²) >= 11 is 5.53. The largest absolute Gasteiger partial charge is 0.302 e. The molecule has 0 aliphatic carbocycles. The van der Waals surface area contributed by atoms with Gasteiger partial charge in [0, 0.05) is 18.0 Å². The second kappa shape index (κ2) is 2.64. The van der Waals surface area contributed by atoms with Crippen molar-refractivity contribution in [2.24, 2.45) is 4.99 Å². The van der Waals surface area contributed by atoms with Crippen LogP contribution in [0.3, 0.4) is 0 Å². The predicted octanol–water partition coefficient (Wildman–Crippen LogP) is 1.13. The lowest BCUT2D eigenvalue weighted by Gasteiger charge is -1.98. The molecule has 2 rings (SSSR count). The van der Waals surface area contributed by atoms with Crippen LogP contribution in [0.2, 0.25) is 5.28 Å². The zero-order valence-electron chi connectivity index (χ0n) is 5.94. The lowest BCUT2D eigenvalue weighted by Crippen LogP contribution is -1.97. The summed E-state index contributed by atoms with van der Waals surface area (Å²) in [4.78, 5) is 22.0. The average Bonchev–Trinajstić information content (AvgIpc) is 2.46. The van der Waals surface area contributed by atoms with Crippen LogP contribution in [-0.4, -0.2) is 22.5 Å². The van der Waals surface area contributed by atoms with E-state index in [1.807, 2.05) is 0 Å². The Kier molecular flexibility index (Phi) is 1.62. The van der Waals surface area contributed by atoms with E-state index < -0.39 is 0 Å². The summed E-state index contributed by atoms with van der Waals surface area (Å²) in [6.45, 7) is 0. The summed E-state index contributed by atoms with van der Waals surface area (Å²) < 4.78 is 0. The molecule has 12 heavy (non-hydrogen) atoms. The van der Waals surface area contributed by atoms with Crippen molar-refractivity contribution in [3.8, 4) is 0 Å². The molecule has 0 saturated heterocycles. The summed E-state index contributed by atoms with van der Waals surface area (Å²) in [5.74, 6) is 0.185. The van der Waals surface area contributed by atoms with Crippen LogP contribution in [0.1, 0.15) is 11.5 Å². The number of hydrogen-bond donors (Lipinski definition) is 0. The van der Waals surface area contributed by atoms with Gasteiger partial charge < -0.3 is 4.79 Å². The molecule has 0 radical (unpaired) electrons. The third-order valence-corrected chi connectivity index (χ3v) is 1.81. The molecule has 1 aromatic heterocycles. The van der Waals surface area contributed by atoms with E-state index in [4.69, 9.17) is 11.6 Å². The molecule has 0 fully saturated rings. The molecule has 1 aliphatic heterocycles. The smallest absolute Gasteiger partial charge is 0.224 e. The highest BCUT2D eigenvalue weighted by atomic mass is 35.5. The van der Waals surface area contributed by atoms with Crippen molar-refractivity contribution in [1.29, 1.82) is 0 Å². The molecule has 0 bridgehead atoms. The monoisotopic (exact) mass is 181 g/mol. The van der Waals surface area contributed by atoms with Crippen LogP contribution in [0.4, 0.5) is 5.82 Å². The van der Waals surface area contributed by atoms with E-state index in [2.05, 4.69) is 15.0 Å². The van der Waals surface area contributed by atoms with E-state index >= 15 is 0 Å². The summed E-state index contributed by atoms with van der Waals surface area (Å²) in [5, 5.41) is 0.150. The Morgan fingerprint density at radius 1 is 1.58 bits per heavy atom. The Morgan fingerprint density at radius 2 is 2.42 bits per heavy atom. The van der Waals surface area contributed by atoms with Gasteiger partial charge in [-0.25, -0.2) is 9.98 Å². The number of aliphatic imine (C=N–C) groups is 1. The number of nitrogens with zero attached hydrogens (tertiary/aromatic N) is 3. The van der Waals surface area contributed by atoms with E-state index in [1.165, 1.54) is 12.4 Å². The van der Waals surface area contributed by atoms with Gasteiger partial charge in [-0.15, -0.1) is 0 Å². The molecule has 0 aromatic carbocycles. The molecule has 4 nitrogen and oxygen atoms in total. The zero-order valence-corrected chi connectivity index (χ0v) is 6.69. The van der Waals surface area contributed by atoms with Gasteiger partial charge in [-0.05, 0) is 11.6 Å². The molecule has 60 valence electrons. The van der Waals surface area contributed by atoms with E-state index in [0.29, 0.717) is 5.82 Å². The van der Waals surface area contributed by atoms with Crippen LogP contribution in [0.5, 0.6) is 0 Å². The number of aromatic nitrogens is 2. The quantitative estimate of drug-likeness (QED) is 0.482. The van der Waals surface area contributed by atoms with Crippen LogP contribution in [0.15, 0.2) is 11.2 Å². The highest BCUT2D eigenvalue weighted by molar-refractivity contribution is 6.28. The van der Waals surface area contributed by atoms with Gasteiger partial charge in [-0.2, -0.15) is 4.98 Å². The van der Waals surface area contributed by atoms with Gasteiger partial charge in [0.1, 0.15) is 6.29 Å². The highest BCUT2D eigenvalue weighted by Crippen LogP contribution is 2.28. The van der Waals surface area contributed by atoms with Crippen molar-refractivity contribution in [1.82, 2.24) is 9.97 Å². The molecule has 1 unspecified atom stereocenters. The molecule has 0 N–H and O–H groups in total. The lowest BCUT2D eigenvalue weighted by atomic mass is 10.1. The van der Waals surface area contributed by atoms with E-state index in [0.717, 1.165) is 11.8 Å². The lowest BCUT2D eigenvalue weighted by molar-refractivity contribution is -0.107. The molecular weight excluding hydrogens is 178 g/mol. The Hall–Kier alpha value is -1.29. The normalized spacial score (nSPS) is 19.2. The number of fused-ring (bicyclic) bond motifs is 1. The number of rotatable bonds is 1. The topological polar surface area (TPSA) is 55.2 Å². The Balaban J connectivity index is 2.53. The van der Waals surface area contributed by atoms with Gasteiger partial charge in [0.2, 0.25) is 5.28 Å². The first-order valence-corrected chi connectivity index (χ1v) is 3.71. The Morgan fingerprint density at radius 3 is 3.17 bits per heavy atom. The molecule has 0 spiro atoms. The summed E-state index contributed by atoms with van der Waals surface area (Å²) in [7, 11) is 0. The maximum Gasteiger partial charge on any atom is 0.224 e. The number of carbonyl (C=O) groups is 1. The van der Waals surface area contributed by atoms with Gasteiger partial charge in [0.05, 0.1) is 5.92 Å². The Bertz CT molecular complexity index is 364. The first kappa shape index (κ1) is 7.36. The SMILES string of the molecule is O=CC1C=Nc2nc(Cl)ncc21. The van der Waals surface area contributed by atoms with Gasteiger partial charge in [-0.1, -0.05) is 0 Å². The van der Waals surface area contributed by atoms with Gasteiger partial charge >= 0.3 is 0 Å². The number of halogens is 1. The summed E-state index contributed by atoms with van der Waals surface area (Å²) in [6, 6.07) is 0. The molecule has 0 amide bonds. The molecule has 1 aromatic rings. The number of hydrogen-bond acceptors (Lipinski definition) is 4. The third kappa shape index (κ3) is 1.00. The number of aldehydes is 1. The van der Waals surface area contributed by atoms with Crippen molar-refractivity contribution >= 4 is 29.9 Å².